The summed E-state index contributed by atoms with van der Waals surface area (Å²) in [4.78, 5) is 44.4. The number of rotatable bonds is 13. The monoisotopic (exact) mass is 562 g/mol. The average molecular weight is 563 g/mol. The molecule has 0 N–H and O–H groups in total. The van der Waals surface area contributed by atoms with Gasteiger partial charge in [-0.3, -0.25) is 19.2 Å². The minimum absolute atomic E-state index is 0.0255. The standard InChI is InChI=1S/C17H28O4.C9H12O2.C6H10O2/c1-4-6-8-12-15(11-5-2)17(19)21-14-10-7-9-13-16(18)20-3;1-2-5-8-6-3-4-7-11-9(8)10;7-6-4-2-1-3-5-8-6/h2,15H,4,6-14H2,1,3H3;1,8H,3-7H2;1-5H2. The summed E-state index contributed by atoms with van der Waals surface area (Å²) in [5.41, 5.74) is 0. The molecule has 2 saturated heterocycles. The zero-order valence-corrected chi connectivity index (χ0v) is 24.7. The van der Waals surface area contributed by atoms with Crippen molar-refractivity contribution in [2.75, 3.05) is 26.9 Å². The van der Waals surface area contributed by atoms with Gasteiger partial charge in [0, 0.05) is 25.7 Å². The van der Waals surface area contributed by atoms with Gasteiger partial charge in [0.25, 0.3) is 0 Å². The molecule has 2 fully saturated rings. The van der Waals surface area contributed by atoms with E-state index in [2.05, 4.69) is 23.5 Å². The van der Waals surface area contributed by atoms with Gasteiger partial charge in [0.2, 0.25) is 0 Å². The molecular weight excluding hydrogens is 512 g/mol. The van der Waals surface area contributed by atoms with E-state index in [0.717, 1.165) is 83.5 Å². The highest BCUT2D eigenvalue weighted by Gasteiger charge is 2.21. The van der Waals surface area contributed by atoms with Gasteiger partial charge < -0.3 is 18.9 Å². The van der Waals surface area contributed by atoms with Crippen molar-refractivity contribution >= 4 is 23.9 Å². The number of ether oxygens (including phenoxy) is 4. The summed E-state index contributed by atoms with van der Waals surface area (Å²) < 4.78 is 19.5. The normalized spacial score (nSPS) is 17.2. The second-order valence-corrected chi connectivity index (χ2v) is 9.95. The smallest absolute Gasteiger partial charge is 0.309 e. The van der Waals surface area contributed by atoms with Crippen molar-refractivity contribution in [3.8, 4) is 24.7 Å². The Morgan fingerprint density at radius 2 is 1.70 bits per heavy atom. The summed E-state index contributed by atoms with van der Waals surface area (Å²) in [6.07, 6.45) is 25.0. The van der Waals surface area contributed by atoms with Crippen LogP contribution in [0.3, 0.4) is 0 Å². The van der Waals surface area contributed by atoms with E-state index in [0.29, 0.717) is 45.5 Å². The molecule has 2 aliphatic rings. The number of carbonyl (C=O) groups is 4. The van der Waals surface area contributed by atoms with Crippen molar-refractivity contribution < 1.29 is 38.1 Å². The first-order valence-electron chi connectivity index (χ1n) is 14.8. The lowest BCUT2D eigenvalue weighted by molar-refractivity contribution is -0.149. The third-order valence-electron chi connectivity index (χ3n) is 6.53. The van der Waals surface area contributed by atoms with Gasteiger partial charge in [-0.15, -0.1) is 24.7 Å². The SMILES string of the molecule is C#CCC(CCCCC)C(=O)OCCCCCC(=O)OC.C#CCC1CCCCOC1=O.O=C1CCCCCO1. The van der Waals surface area contributed by atoms with Crippen molar-refractivity contribution in [1.82, 2.24) is 0 Å². The molecule has 0 aliphatic carbocycles. The maximum Gasteiger partial charge on any atom is 0.309 e. The zero-order valence-electron chi connectivity index (χ0n) is 24.7. The van der Waals surface area contributed by atoms with Crippen LogP contribution in [0, 0.1) is 36.5 Å². The summed E-state index contributed by atoms with van der Waals surface area (Å²) >= 11 is 0. The molecule has 2 unspecified atom stereocenters. The van der Waals surface area contributed by atoms with E-state index in [1.807, 2.05) is 0 Å². The van der Waals surface area contributed by atoms with Crippen LogP contribution in [0.2, 0.25) is 0 Å². The number of hydrogen-bond acceptors (Lipinski definition) is 8. The first-order chi connectivity index (χ1) is 19.4. The van der Waals surface area contributed by atoms with Gasteiger partial charge in [0.1, 0.15) is 0 Å². The van der Waals surface area contributed by atoms with Crippen LogP contribution in [0.25, 0.3) is 0 Å². The second kappa shape index (κ2) is 26.2. The van der Waals surface area contributed by atoms with Crippen LogP contribution in [-0.4, -0.2) is 50.8 Å². The third-order valence-corrected chi connectivity index (χ3v) is 6.53. The predicted octanol–water partition coefficient (Wildman–Crippen LogP) is 5.94. The summed E-state index contributed by atoms with van der Waals surface area (Å²) in [7, 11) is 1.38. The molecule has 40 heavy (non-hydrogen) atoms. The summed E-state index contributed by atoms with van der Waals surface area (Å²) in [5, 5.41) is 0. The molecule has 8 heteroatoms. The van der Waals surface area contributed by atoms with Crippen LogP contribution in [0.4, 0.5) is 0 Å². The molecule has 0 spiro atoms. The number of carbonyl (C=O) groups excluding carboxylic acids is 4. The van der Waals surface area contributed by atoms with Crippen LogP contribution in [-0.2, 0) is 38.1 Å². The molecule has 2 aliphatic heterocycles. The maximum absolute atomic E-state index is 11.9. The van der Waals surface area contributed by atoms with Gasteiger partial charge in [-0.05, 0) is 64.2 Å². The largest absolute Gasteiger partial charge is 0.469 e. The van der Waals surface area contributed by atoms with Crippen LogP contribution in [0.15, 0.2) is 0 Å². The van der Waals surface area contributed by atoms with Gasteiger partial charge in [-0.25, -0.2) is 0 Å². The Morgan fingerprint density at radius 1 is 0.950 bits per heavy atom. The van der Waals surface area contributed by atoms with E-state index in [9.17, 15) is 19.2 Å². The molecule has 0 aromatic rings. The van der Waals surface area contributed by atoms with Crippen LogP contribution >= 0.6 is 0 Å². The van der Waals surface area contributed by atoms with E-state index in [4.69, 9.17) is 27.1 Å². The van der Waals surface area contributed by atoms with Crippen molar-refractivity contribution in [2.24, 2.45) is 11.8 Å². The Labute approximate surface area is 241 Å². The van der Waals surface area contributed by atoms with E-state index in [1.54, 1.807) is 0 Å². The Morgan fingerprint density at radius 3 is 2.40 bits per heavy atom. The molecule has 2 rings (SSSR count). The van der Waals surface area contributed by atoms with Gasteiger partial charge in [0.05, 0.1) is 38.8 Å². The second-order valence-electron chi connectivity index (χ2n) is 9.95. The van der Waals surface area contributed by atoms with Crippen LogP contribution < -0.4 is 0 Å². The lowest BCUT2D eigenvalue weighted by Crippen LogP contribution is -2.18. The Kier molecular flexibility index (Phi) is 24.3. The molecule has 0 amide bonds. The van der Waals surface area contributed by atoms with Gasteiger partial charge in [-0.2, -0.15) is 0 Å². The average Bonchev–Trinajstić information content (AvgIpc) is 3.32. The number of hydrogen-bond donors (Lipinski definition) is 0. The molecule has 0 aromatic heterocycles. The zero-order chi connectivity index (χ0) is 29.8. The molecule has 0 saturated carbocycles. The number of methoxy groups -OCH3 is 1. The molecule has 226 valence electrons. The summed E-state index contributed by atoms with van der Waals surface area (Å²) in [6, 6.07) is 0. The fraction of sp³-hybridized carbons (Fsp3) is 0.750. The molecule has 0 aromatic carbocycles. The van der Waals surface area contributed by atoms with Crippen LogP contribution in [0.1, 0.15) is 116 Å². The van der Waals surface area contributed by atoms with E-state index in [1.165, 1.54) is 7.11 Å². The maximum atomic E-state index is 11.9. The topological polar surface area (TPSA) is 105 Å². The lowest BCUT2D eigenvalue weighted by atomic mass is 9.98. The Bertz CT molecular complexity index is 782. The number of cyclic esters (lactones) is 2. The van der Waals surface area contributed by atoms with Gasteiger partial charge in [0.15, 0.2) is 0 Å². The first-order valence-corrected chi connectivity index (χ1v) is 14.8. The van der Waals surface area contributed by atoms with Crippen molar-refractivity contribution in [3.63, 3.8) is 0 Å². The van der Waals surface area contributed by atoms with Crippen molar-refractivity contribution in [1.29, 1.82) is 0 Å². The summed E-state index contributed by atoms with van der Waals surface area (Å²) in [6.45, 7) is 3.73. The lowest BCUT2D eigenvalue weighted by Gasteiger charge is -2.13. The molecule has 0 radical (unpaired) electrons. The fourth-order valence-electron chi connectivity index (χ4n) is 4.06. The Hall–Kier alpha value is -3.00. The number of terminal acetylenes is 2. The van der Waals surface area contributed by atoms with E-state index in [-0.39, 0.29) is 35.7 Å². The van der Waals surface area contributed by atoms with Gasteiger partial charge >= 0.3 is 23.9 Å². The molecule has 2 heterocycles. The van der Waals surface area contributed by atoms with E-state index >= 15 is 0 Å². The Balaban J connectivity index is 0.000000656. The highest BCUT2D eigenvalue weighted by atomic mass is 16.5. The third kappa shape index (κ3) is 20.9. The summed E-state index contributed by atoms with van der Waals surface area (Å²) in [5.74, 6) is 4.32. The van der Waals surface area contributed by atoms with Crippen molar-refractivity contribution in [3.05, 3.63) is 0 Å². The fourth-order valence-corrected chi connectivity index (χ4v) is 4.06. The quantitative estimate of drug-likeness (QED) is 0.118. The number of unbranched alkanes of at least 4 members (excludes halogenated alkanes) is 4. The van der Waals surface area contributed by atoms with Crippen molar-refractivity contribution in [2.45, 2.75) is 116 Å². The van der Waals surface area contributed by atoms with Crippen LogP contribution in [0.5, 0.6) is 0 Å². The molecular formula is C32H50O8. The molecule has 0 bridgehead atoms. The molecule has 2 atom stereocenters. The highest BCUT2D eigenvalue weighted by molar-refractivity contribution is 5.73. The first kappa shape index (κ1) is 37.0. The molecule has 8 nitrogen and oxygen atoms in total. The number of esters is 4. The van der Waals surface area contributed by atoms with Gasteiger partial charge in [-0.1, -0.05) is 26.2 Å². The minimum Gasteiger partial charge on any atom is -0.469 e. The highest BCUT2D eigenvalue weighted by Crippen LogP contribution is 2.18. The van der Waals surface area contributed by atoms with E-state index < -0.39 is 0 Å². The minimum atomic E-state index is -0.197. The predicted molar refractivity (Wildman–Crippen MR) is 154 cm³/mol.